The number of benzene rings is 2. The number of aromatic nitrogens is 1. The van der Waals surface area contributed by atoms with Crippen LogP contribution < -0.4 is 10.3 Å². The van der Waals surface area contributed by atoms with Crippen LogP contribution in [0, 0.1) is 18.3 Å². The van der Waals surface area contributed by atoms with Crippen LogP contribution in [-0.4, -0.2) is 22.5 Å². The molecule has 0 amide bonds. The molecule has 6 nitrogen and oxygen atoms in total. The van der Waals surface area contributed by atoms with Crippen LogP contribution in [0.1, 0.15) is 42.1 Å². The van der Waals surface area contributed by atoms with E-state index in [1.807, 2.05) is 55.5 Å². The maximum atomic E-state index is 12.9. The number of ether oxygens (including phenoxy) is 1. The van der Waals surface area contributed by atoms with Gasteiger partial charge in [-0.2, -0.15) is 5.26 Å². The monoisotopic (exact) mass is 401 g/mol. The second kappa shape index (κ2) is 9.10. The molecule has 0 bridgehead atoms. The molecule has 0 aliphatic carbocycles. The van der Waals surface area contributed by atoms with E-state index in [0.717, 1.165) is 11.3 Å². The van der Waals surface area contributed by atoms with Gasteiger partial charge in [-0.05, 0) is 56.2 Å². The van der Waals surface area contributed by atoms with E-state index in [1.165, 1.54) is 10.8 Å². The minimum atomic E-state index is -0.526. The van der Waals surface area contributed by atoms with Crippen molar-refractivity contribution in [1.29, 1.82) is 5.26 Å². The number of aromatic hydroxyl groups is 1. The van der Waals surface area contributed by atoms with Gasteiger partial charge in [-0.3, -0.25) is 14.4 Å². The zero-order valence-electron chi connectivity index (χ0n) is 17.2. The van der Waals surface area contributed by atoms with Crippen molar-refractivity contribution in [3.05, 3.63) is 87.2 Å². The number of nitriles is 1. The van der Waals surface area contributed by atoms with E-state index in [4.69, 9.17) is 4.74 Å². The summed E-state index contributed by atoms with van der Waals surface area (Å²) in [4.78, 5) is 17.3. The van der Waals surface area contributed by atoms with Gasteiger partial charge in [-0.15, -0.1) is 0 Å². The lowest BCUT2D eigenvalue weighted by molar-refractivity contribution is 0.340. The van der Waals surface area contributed by atoms with Crippen molar-refractivity contribution in [3.63, 3.8) is 0 Å². The fraction of sp³-hybridized carbons (Fsp3) is 0.208. The molecule has 0 aliphatic heterocycles. The lowest BCUT2D eigenvalue weighted by Gasteiger charge is -2.20. The highest BCUT2D eigenvalue weighted by Crippen LogP contribution is 2.27. The summed E-state index contributed by atoms with van der Waals surface area (Å²) in [5.41, 5.74) is 1.70. The van der Waals surface area contributed by atoms with Gasteiger partial charge in [0.1, 0.15) is 17.4 Å². The molecule has 1 aromatic heterocycles. The van der Waals surface area contributed by atoms with Gasteiger partial charge in [-0.1, -0.05) is 30.3 Å². The summed E-state index contributed by atoms with van der Waals surface area (Å²) in [5, 5.41) is 20.5. The number of hydrogen-bond donors (Lipinski definition) is 1. The zero-order chi connectivity index (χ0) is 21.7. The van der Waals surface area contributed by atoms with Crippen molar-refractivity contribution in [2.45, 2.75) is 26.8 Å². The Morgan fingerprint density at radius 2 is 1.87 bits per heavy atom. The molecule has 3 rings (SSSR count). The number of nitrogens with zero attached hydrogens (tertiary/aromatic N) is 3. The lowest BCUT2D eigenvalue weighted by atomic mass is 10.0. The van der Waals surface area contributed by atoms with Crippen LogP contribution in [0.25, 0.3) is 0 Å². The molecule has 2 aromatic carbocycles. The van der Waals surface area contributed by atoms with Gasteiger partial charge >= 0.3 is 0 Å². The van der Waals surface area contributed by atoms with Crippen LogP contribution in [0.3, 0.4) is 0 Å². The summed E-state index contributed by atoms with van der Waals surface area (Å²) in [6.07, 6.45) is 1.48. The van der Waals surface area contributed by atoms with Crippen LogP contribution in [0.2, 0.25) is 0 Å². The second-order valence-electron chi connectivity index (χ2n) is 6.80. The smallest absolute Gasteiger partial charge is 0.272 e. The third-order valence-electron chi connectivity index (χ3n) is 4.95. The first kappa shape index (κ1) is 20.9. The molecule has 0 radical (unpaired) electrons. The molecular formula is C24H23N3O3. The van der Waals surface area contributed by atoms with E-state index in [1.54, 1.807) is 26.0 Å². The van der Waals surface area contributed by atoms with E-state index in [2.05, 4.69) is 4.99 Å². The number of rotatable bonds is 6. The van der Waals surface area contributed by atoms with Crippen LogP contribution in [-0.2, 0) is 0 Å². The van der Waals surface area contributed by atoms with Crippen LogP contribution in [0.4, 0.5) is 5.69 Å². The third-order valence-corrected chi connectivity index (χ3v) is 4.95. The summed E-state index contributed by atoms with van der Waals surface area (Å²) in [6, 6.07) is 18.1. The van der Waals surface area contributed by atoms with Gasteiger partial charge in [-0.25, -0.2) is 0 Å². The minimum Gasteiger partial charge on any atom is -0.494 e. The van der Waals surface area contributed by atoms with Crippen molar-refractivity contribution in [1.82, 2.24) is 4.57 Å². The Bertz CT molecular complexity index is 1160. The quantitative estimate of drug-likeness (QED) is 0.616. The van der Waals surface area contributed by atoms with Crippen molar-refractivity contribution in [3.8, 4) is 17.7 Å². The number of pyridine rings is 1. The van der Waals surface area contributed by atoms with Crippen molar-refractivity contribution >= 4 is 11.9 Å². The van der Waals surface area contributed by atoms with Crippen LogP contribution in [0.5, 0.6) is 11.6 Å². The van der Waals surface area contributed by atoms with Gasteiger partial charge in [0.15, 0.2) is 0 Å². The summed E-state index contributed by atoms with van der Waals surface area (Å²) in [6.45, 7) is 5.93. The molecule has 0 spiro atoms. The summed E-state index contributed by atoms with van der Waals surface area (Å²) >= 11 is 0. The predicted molar refractivity (Wildman–Crippen MR) is 117 cm³/mol. The van der Waals surface area contributed by atoms with E-state index in [-0.39, 0.29) is 11.4 Å². The van der Waals surface area contributed by atoms with Crippen molar-refractivity contribution < 1.29 is 9.84 Å². The van der Waals surface area contributed by atoms with Gasteiger partial charge in [0.2, 0.25) is 5.88 Å². The molecule has 1 N–H and O–H groups in total. The molecule has 6 heteroatoms. The highest BCUT2D eigenvalue weighted by molar-refractivity contribution is 5.87. The first-order valence-corrected chi connectivity index (χ1v) is 9.68. The lowest BCUT2D eigenvalue weighted by Crippen LogP contribution is -2.28. The number of aliphatic imine (C=N–C) groups is 1. The Labute approximate surface area is 175 Å². The molecule has 1 atom stereocenters. The molecule has 0 fully saturated rings. The minimum absolute atomic E-state index is 0.0104. The Morgan fingerprint density at radius 3 is 2.47 bits per heavy atom. The van der Waals surface area contributed by atoms with E-state index in [0.29, 0.717) is 23.4 Å². The SMILES string of the molecule is CCOc1ccc(N=Cc2c(C)c(C#N)c(=O)n(C(C)c3ccccc3)c2O)cc1. The normalized spacial score (nSPS) is 11.9. The maximum absolute atomic E-state index is 12.9. The average Bonchev–Trinajstić information content (AvgIpc) is 2.76. The summed E-state index contributed by atoms with van der Waals surface area (Å²) in [7, 11) is 0. The summed E-state index contributed by atoms with van der Waals surface area (Å²) in [5.74, 6) is 0.523. The molecule has 0 aliphatic rings. The predicted octanol–water partition coefficient (Wildman–Crippen LogP) is 4.49. The molecule has 1 heterocycles. The fourth-order valence-electron chi connectivity index (χ4n) is 3.27. The first-order valence-electron chi connectivity index (χ1n) is 9.68. The third kappa shape index (κ3) is 4.11. The molecule has 0 saturated carbocycles. The molecule has 0 saturated heterocycles. The van der Waals surface area contributed by atoms with E-state index >= 15 is 0 Å². The largest absolute Gasteiger partial charge is 0.494 e. The van der Waals surface area contributed by atoms with Crippen molar-refractivity contribution in [2.24, 2.45) is 4.99 Å². The second-order valence-corrected chi connectivity index (χ2v) is 6.80. The standard InChI is InChI=1S/C24H23N3O3/c1-4-30-20-12-10-19(11-13-20)26-15-22-16(2)21(14-25)23(28)27(24(22)29)17(3)18-8-6-5-7-9-18/h5-13,15,17,29H,4H2,1-3H3. The molecular weight excluding hydrogens is 378 g/mol. The molecule has 30 heavy (non-hydrogen) atoms. The molecule has 1 unspecified atom stereocenters. The van der Waals surface area contributed by atoms with Gasteiger partial charge < -0.3 is 9.84 Å². The van der Waals surface area contributed by atoms with Gasteiger partial charge in [0.05, 0.1) is 23.9 Å². The number of hydrogen-bond acceptors (Lipinski definition) is 5. The highest BCUT2D eigenvalue weighted by atomic mass is 16.5. The topological polar surface area (TPSA) is 87.6 Å². The highest BCUT2D eigenvalue weighted by Gasteiger charge is 2.22. The van der Waals surface area contributed by atoms with Crippen LogP contribution in [0.15, 0.2) is 64.4 Å². The maximum Gasteiger partial charge on any atom is 0.272 e. The van der Waals surface area contributed by atoms with E-state index < -0.39 is 11.6 Å². The fourth-order valence-corrected chi connectivity index (χ4v) is 3.27. The first-order chi connectivity index (χ1) is 14.5. The average molecular weight is 401 g/mol. The van der Waals surface area contributed by atoms with Gasteiger partial charge in [0, 0.05) is 6.21 Å². The molecule has 3 aromatic rings. The van der Waals surface area contributed by atoms with E-state index in [9.17, 15) is 15.2 Å². The Balaban J connectivity index is 2.08. The van der Waals surface area contributed by atoms with Crippen molar-refractivity contribution in [2.75, 3.05) is 6.61 Å². The Morgan fingerprint density at radius 1 is 1.20 bits per heavy atom. The van der Waals surface area contributed by atoms with Gasteiger partial charge in [0.25, 0.3) is 5.56 Å². The Kier molecular flexibility index (Phi) is 6.33. The Hall–Kier alpha value is -3.85. The van der Waals surface area contributed by atoms with Crippen LogP contribution >= 0.6 is 0 Å². The molecule has 152 valence electrons. The zero-order valence-corrected chi connectivity index (χ0v) is 17.2. The summed E-state index contributed by atoms with van der Waals surface area (Å²) < 4.78 is 6.66.